The molecule has 18 heavy (non-hydrogen) atoms. The standard InChI is InChI=1S/C4H9N3O2.C4H7NO4/c1-7(4(5)6)2-3(8)9;5-2(4(8)9)1-3(6)7/h2H2,1H3,(H3,5,6)(H,8,9);2H,1,5H2,(H,6,7)(H,8,9). The molecule has 8 N–H and O–H groups in total. The average molecular weight is 264 g/mol. The van der Waals surface area contributed by atoms with E-state index in [1.165, 1.54) is 7.05 Å². The lowest BCUT2D eigenvalue weighted by atomic mass is 10.2. The van der Waals surface area contributed by atoms with E-state index in [1.807, 2.05) is 0 Å². The van der Waals surface area contributed by atoms with Crippen molar-refractivity contribution in [3.8, 4) is 0 Å². The monoisotopic (exact) mass is 264 g/mol. The third-order valence-electron chi connectivity index (χ3n) is 1.50. The highest BCUT2D eigenvalue weighted by molar-refractivity contribution is 5.80. The number of aliphatic carboxylic acids is 3. The van der Waals surface area contributed by atoms with Gasteiger partial charge in [-0.25, -0.2) is 0 Å². The van der Waals surface area contributed by atoms with Crippen LogP contribution in [0.25, 0.3) is 0 Å². The van der Waals surface area contributed by atoms with Crippen molar-refractivity contribution in [2.24, 2.45) is 11.5 Å². The van der Waals surface area contributed by atoms with Crippen LogP contribution in [0.1, 0.15) is 6.42 Å². The van der Waals surface area contributed by atoms with Crippen molar-refractivity contribution in [2.75, 3.05) is 13.6 Å². The van der Waals surface area contributed by atoms with Gasteiger partial charge in [0.25, 0.3) is 0 Å². The van der Waals surface area contributed by atoms with Crippen LogP contribution in [0.4, 0.5) is 0 Å². The second kappa shape index (κ2) is 8.75. The molecule has 1 unspecified atom stereocenters. The summed E-state index contributed by atoms with van der Waals surface area (Å²) in [5.74, 6) is -3.73. The Balaban J connectivity index is 0. The van der Waals surface area contributed by atoms with E-state index in [0.29, 0.717) is 0 Å². The fourth-order valence-electron chi connectivity index (χ4n) is 0.564. The molecule has 104 valence electrons. The molecule has 0 saturated heterocycles. The molecular formula is C8H16N4O6. The van der Waals surface area contributed by atoms with Crippen molar-refractivity contribution in [3.63, 3.8) is 0 Å². The van der Waals surface area contributed by atoms with Crippen LogP contribution in [0.3, 0.4) is 0 Å². The minimum absolute atomic E-state index is 0.227. The number of guanidine groups is 1. The van der Waals surface area contributed by atoms with Gasteiger partial charge in [0.15, 0.2) is 5.96 Å². The summed E-state index contributed by atoms with van der Waals surface area (Å²) in [6.45, 7) is -0.227. The third-order valence-corrected chi connectivity index (χ3v) is 1.50. The maximum atomic E-state index is 9.92. The highest BCUT2D eigenvalue weighted by Crippen LogP contribution is 1.86. The molecule has 0 heterocycles. The van der Waals surface area contributed by atoms with Gasteiger partial charge >= 0.3 is 17.9 Å². The Morgan fingerprint density at radius 1 is 1.22 bits per heavy atom. The summed E-state index contributed by atoms with van der Waals surface area (Å²) in [7, 11) is 1.44. The fourth-order valence-corrected chi connectivity index (χ4v) is 0.564. The molecule has 0 amide bonds. The second-order valence-electron chi connectivity index (χ2n) is 3.18. The van der Waals surface area contributed by atoms with Crippen LogP contribution >= 0.6 is 0 Å². The Kier molecular flexibility index (Phi) is 8.76. The molecule has 0 saturated carbocycles. The van der Waals surface area contributed by atoms with Gasteiger partial charge in [-0.1, -0.05) is 0 Å². The maximum absolute atomic E-state index is 9.92. The molecular weight excluding hydrogens is 248 g/mol. The second-order valence-corrected chi connectivity index (χ2v) is 3.18. The van der Waals surface area contributed by atoms with Crippen molar-refractivity contribution < 1.29 is 29.7 Å². The van der Waals surface area contributed by atoms with E-state index in [-0.39, 0.29) is 12.5 Å². The van der Waals surface area contributed by atoms with Crippen LogP contribution in [0, 0.1) is 5.41 Å². The number of carbonyl (C=O) groups is 3. The van der Waals surface area contributed by atoms with Gasteiger partial charge < -0.3 is 31.7 Å². The Morgan fingerprint density at radius 3 is 1.78 bits per heavy atom. The molecule has 0 radical (unpaired) electrons. The lowest BCUT2D eigenvalue weighted by molar-refractivity contribution is -0.144. The number of likely N-dealkylation sites (N-methyl/N-ethyl adjacent to an activating group) is 1. The Morgan fingerprint density at radius 2 is 1.67 bits per heavy atom. The number of nitrogens with one attached hydrogen (secondary N) is 1. The van der Waals surface area contributed by atoms with Gasteiger partial charge in [0.05, 0.1) is 6.42 Å². The zero-order valence-corrected chi connectivity index (χ0v) is 9.66. The molecule has 0 bridgehead atoms. The zero-order chi connectivity index (χ0) is 14.9. The molecule has 10 heteroatoms. The minimum atomic E-state index is -1.29. The first kappa shape index (κ1) is 18.0. The first-order valence-electron chi connectivity index (χ1n) is 4.55. The number of carboxylic acid groups (broad SMARTS) is 3. The topological polar surface area (TPSA) is 191 Å². The number of hydrogen-bond acceptors (Lipinski definition) is 5. The molecule has 0 spiro atoms. The summed E-state index contributed by atoms with van der Waals surface area (Å²) in [4.78, 5) is 30.7. The number of nitrogens with two attached hydrogens (primary N) is 2. The largest absolute Gasteiger partial charge is 0.481 e. The van der Waals surface area contributed by atoms with E-state index in [2.05, 4.69) is 0 Å². The van der Waals surface area contributed by atoms with Gasteiger partial charge in [-0.2, -0.15) is 0 Å². The smallest absolute Gasteiger partial charge is 0.323 e. The van der Waals surface area contributed by atoms with E-state index in [4.69, 9.17) is 32.2 Å². The number of hydrogen-bond donors (Lipinski definition) is 6. The average Bonchev–Trinajstić information content (AvgIpc) is 2.16. The summed E-state index contributed by atoms with van der Waals surface area (Å²) in [5, 5.41) is 30.9. The van der Waals surface area contributed by atoms with Crippen molar-refractivity contribution in [1.82, 2.24) is 4.90 Å². The van der Waals surface area contributed by atoms with E-state index in [1.54, 1.807) is 0 Å². The van der Waals surface area contributed by atoms with E-state index in [0.717, 1.165) is 4.90 Å². The van der Waals surface area contributed by atoms with Crippen molar-refractivity contribution in [3.05, 3.63) is 0 Å². The first-order valence-corrected chi connectivity index (χ1v) is 4.55. The predicted octanol–water partition coefficient (Wildman–Crippen LogP) is -2.23. The Bertz CT molecular complexity index is 300. The van der Waals surface area contributed by atoms with Crippen LogP contribution in [-0.4, -0.2) is 63.7 Å². The van der Waals surface area contributed by atoms with Gasteiger partial charge in [0.2, 0.25) is 0 Å². The highest BCUT2D eigenvalue weighted by Gasteiger charge is 2.14. The Labute approximate surface area is 102 Å². The number of nitrogens with zero attached hydrogens (tertiary/aromatic N) is 1. The first-order chi connectivity index (χ1) is 8.07. The molecule has 0 rings (SSSR count). The molecule has 10 nitrogen and oxygen atoms in total. The van der Waals surface area contributed by atoms with Gasteiger partial charge in [0.1, 0.15) is 12.6 Å². The van der Waals surface area contributed by atoms with Gasteiger partial charge in [-0.15, -0.1) is 0 Å². The lowest BCUT2D eigenvalue weighted by Crippen LogP contribution is -2.36. The molecule has 0 aromatic carbocycles. The Hall–Kier alpha value is -2.36. The summed E-state index contributed by atoms with van der Waals surface area (Å²) >= 11 is 0. The van der Waals surface area contributed by atoms with Crippen LogP contribution < -0.4 is 11.5 Å². The molecule has 0 aliphatic carbocycles. The van der Waals surface area contributed by atoms with E-state index in [9.17, 15) is 14.4 Å². The lowest BCUT2D eigenvalue weighted by Gasteiger charge is -2.12. The quantitative estimate of drug-likeness (QED) is 0.235. The van der Waals surface area contributed by atoms with E-state index < -0.39 is 30.4 Å². The van der Waals surface area contributed by atoms with Crippen LogP contribution in [0.5, 0.6) is 0 Å². The summed E-state index contributed by atoms with van der Waals surface area (Å²) in [6.07, 6.45) is -0.532. The number of carboxylic acids is 3. The van der Waals surface area contributed by atoms with Crippen molar-refractivity contribution >= 4 is 23.9 Å². The van der Waals surface area contributed by atoms with Crippen LogP contribution in [0.15, 0.2) is 0 Å². The molecule has 0 aromatic heterocycles. The predicted molar refractivity (Wildman–Crippen MR) is 60.0 cm³/mol. The normalized spacial score (nSPS) is 10.6. The third kappa shape index (κ3) is 11.7. The summed E-state index contributed by atoms with van der Waals surface area (Å²) in [6, 6.07) is -1.29. The van der Waals surface area contributed by atoms with Crippen LogP contribution in [0.2, 0.25) is 0 Å². The maximum Gasteiger partial charge on any atom is 0.323 e. The highest BCUT2D eigenvalue weighted by atomic mass is 16.4. The molecule has 0 aromatic rings. The van der Waals surface area contributed by atoms with Gasteiger partial charge in [-0.3, -0.25) is 19.8 Å². The zero-order valence-electron chi connectivity index (χ0n) is 9.66. The van der Waals surface area contributed by atoms with Crippen LogP contribution in [-0.2, 0) is 14.4 Å². The molecule has 0 aliphatic heterocycles. The van der Waals surface area contributed by atoms with Gasteiger partial charge in [0, 0.05) is 7.05 Å². The van der Waals surface area contributed by atoms with Crippen molar-refractivity contribution in [1.29, 1.82) is 5.41 Å². The minimum Gasteiger partial charge on any atom is -0.481 e. The molecule has 0 aliphatic rings. The SMILES string of the molecule is CN(CC(=O)O)C(=N)N.NC(CC(=O)O)C(=O)O. The van der Waals surface area contributed by atoms with E-state index >= 15 is 0 Å². The summed E-state index contributed by atoms with van der Waals surface area (Å²) < 4.78 is 0. The molecule has 0 fully saturated rings. The van der Waals surface area contributed by atoms with Crippen molar-refractivity contribution in [2.45, 2.75) is 12.5 Å². The number of rotatable bonds is 5. The van der Waals surface area contributed by atoms with Gasteiger partial charge in [-0.05, 0) is 0 Å². The molecule has 1 atom stereocenters. The summed E-state index contributed by atoms with van der Waals surface area (Å²) in [5.41, 5.74) is 9.77. The fraction of sp³-hybridized carbons (Fsp3) is 0.500.